The van der Waals surface area contributed by atoms with Gasteiger partial charge in [0, 0.05) is 31.7 Å². The van der Waals surface area contributed by atoms with Crippen molar-refractivity contribution < 1.29 is 4.79 Å². The fourth-order valence-electron chi connectivity index (χ4n) is 1.82. The summed E-state index contributed by atoms with van der Waals surface area (Å²) in [4.78, 5) is 15.1. The molecule has 3 N–H and O–H groups in total. The van der Waals surface area contributed by atoms with Gasteiger partial charge in [0.05, 0.1) is 0 Å². The first kappa shape index (κ1) is 20.7. The van der Waals surface area contributed by atoms with Crippen LogP contribution in [0.5, 0.6) is 0 Å². The summed E-state index contributed by atoms with van der Waals surface area (Å²) in [5.74, 6) is 0.749. The molecule has 22 heavy (non-hydrogen) atoms. The van der Waals surface area contributed by atoms with E-state index in [0.717, 1.165) is 24.6 Å². The number of guanidine groups is 1. The fourth-order valence-corrected chi connectivity index (χ4v) is 1.82. The molecule has 0 spiro atoms. The molecule has 0 aliphatic carbocycles. The van der Waals surface area contributed by atoms with Crippen LogP contribution in [0.1, 0.15) is 33.3 Å². The lowest BCUT2D eigenvalue weighted by Gasteiger charge is -2.23. The largest absolute Gasteiger partial charge is 0.356 e. The number of amides is 1. The number of rotatable bonds is 4. The molecular formula is C16H27IN4O. The van der Waals surface area contributed by atoms with E-state index >= 15 is 0 Å². The number of nitrogens with one attached hydrogen (secondary N) is 3. The first-order valence-electron chi connectivity index (χ1n) is 7.15. The predicted molar refractivity (Wildman–Crippen MR) is 104 cm³/mol. The highest BCUT2D eigenvalue weighted by Crippen LogP contribution is 2.09. The van der Waals surface area contributed by atoms with Crippen LogP contribution in [-0.2, 0) is 11.2 Å². The number of hydrogen-bond donors (Lipinski definition) is 3. The molecule has 0 saturated carbocycles. The lowest BCUT2D eigenvalue weighted by Crippen LogP contribution is -2.48. The van der Waals surface area contributed by atoms with E-state index in [0.29, 0.717) is 0 Å². The molecule has 6 heteroatoms. The Bertz CT molecular complexity index is 492. The Labute approximate surface area is 150 Å². The number of aliphatic imine (C=N–C) groups is 1. The van der Waals surface area contributed by atoms with Gasteiger partial charge in [0.25, 0.3) is 0 Å². The Morgan fingerprint density at radius 1 is 1.18 bits per heavy atom. The third-order valence-electron chi connectivity index (χ3n) is 2.70. The number of carbonyl (C=O) groups is 1. The summed E-state index contributed by atoms with van der Waals surface area (Å²) in [6.07, 6.45) is 0.894. The van der Waals surface area contributed by atoms with Crippen LogP contribution in [0.4, 0.5) is 5.69 Å². The standard InChI is InChI=1S/C16H26N4O.HI/c1-12(21)19-14-8-6-13(7-9-14)10-11-18-15(17-5)20-16(2,3)4;/h6-9H,10-11H2,1-5H3,(H,19,21)(H2,17,18,20);1H. The minimum atomic E-state index is -0.0542. The third kappa shape index (κ3) is 8.86. The van der Waals surface area contributed by atoms with Gasteiger partial charge < -0.3 is 16.0 Å². The lowest BCUT2D eigenvalue weighted by atomic mass is 10.1. The second-order valence-electron chi connectivity index (χ2n) is 6.00. The van der Waals surface area contributed by atoms with Crippen molar-refractivity contribution in [3.8, 4) is 0 Å². The van der Waals surface area contributed by atoms with Crippen LogP contribution in [0.15, 0.2) is 29.3 Å². The van der Waals surface area contributed by atoms with Crippen molar-refractivity contribution in [2.75, 3.05) is 18.9 Å². The van der Waals surface area contributed by atoms with Gasteiger partial charge in [-0.25, -0.2) is 0 Å². The molecule has 0 unspecified atom stereocenters. The summed E-state index contributed by atoms with van der Waals surface area (Å²) in [6, 6.07) is 7.87. The molecular weight excluding hydrogens is 391 g/mol. The highest BCUT2D eigenvalue weighted by Gasteiger charge is 2.11. The molecule has 0 fully saturated rings. The molecule has 124 valence electrons. The maximum Gasteiger partial charge on any atom is 0.221 e. The predicted octanol–water partition coefficient (Wildman–Crippen LogP) is 2.77. The second kappa shape index (κ2) is 9.66. The van der Waals surface area contributed by atoms with Crippen LogP contribution in [0.3, 0.4) is 0 Å². The van der Waals surface area contributed by atoms with Crippen LogP contribution in [0.25, 0.3) is 0 Å². The van der Waals surface area contributed by atoms with Crippen molar-refractivity contribution in [2.24, 2.45) is 4.99 Å². The van der Waals surface area contributed by atoms with E-state index < -0.39 is 0 Å². The third-order valence-corrected chi connectivity index (χ3v) is 2.70. The summed E-state index contributed by atoms with van der Waals surface area (Å²) in [5, 5.41) is 9.36. The maximum atomic E-state index is 11.0. The number of halogens is 1. The highest BCUT2D eigenvalue weighted by molar-refractivity contribution is 14.0. The number of benzene rings is 1. The molecule has 0 aromatic heterocycles. The van der Waals surface area contributed by atoms with Gasteiger partial charge in [-0.2, -0.15) is 0 Å². The van der Waals surface area contributed by atoms with Gasteiger partial charge in [-0.1, -0.05) is 12.1 Å². The zero-order valence-electron chi connectivity index (χ0n) is 14.0. The van der Waals surface area contributed by atoms with Crippen LogP contribution >= 0.6 is 24.0 Å². The average Bonchev–Trinajstić information content (AvgIpc) is 2.37. The summed E-state index contributed by atoms with van der Waals surface area (Å²) >= 11 is 0. The first-order valence-corrected chi connectivity index (χ1v) is 7.15. The van der Waals surface area contributed by atoms with Crippen molar-refractivity contribution in [1.29, 1.82) is 0 Å². The molecule has 0 bridgehead atoms. The van der Waals surface area contributed by atoms with Gasteiger partial charge in [0.1, 0.15) is 0 Å². The van der Waals surface area contributed by atoms with Crippen molar-refractivity contribution >= 4 is 41.5 Å². The molecule has 0 atom stereocenters. The molecule has 1 aromatic rings. The number of hydrogen-bond acceptors (Lipinski definition) is 2. The quantitative estimate of drug-likeness (QED) is 0.400. The smallest absolute Gasteiger partial charge is 0.221 e. The van der Waals surface area contributed by atoms with E-state index in [1.54, 1.807) is 7.05 Å². The van der Waals surface area contributed by atoms with E-state index in [4.69, 9.17) is 0 Å². The van der Waals surface area contributed by atoms with E-state index in [9.17, 15) is 4.79 Å². The molecule has 5 nitrogen and oxygen atoms in total. The molecule has 1 aromatic carbocycles. The normalized spacial score (nSPS) is 11.4. The van der Waals surface area contributed by atoms with Gasteiger partial charge in [-0.05, 0) is 44.9 Å². The molecule has 0 heterocycles. The number of anilines is 1. The van der Waals surface area contributed by atoms with E-state index in [1.807, 2.05) is 24.3 Å². The average molecular weight is 418 g/mol. The van der Waals surface area contributed by atoms with E-state index in [-0.39, 0.29) is 35.4 Å². The second-order valence-corrected chi connectivity index (χ2v) is 6.00. The minimum absolute atomic E-state index is 0. The fraction of sp³-hybridized carbons (Fsp3) is 0.500. The lowest BCUT2D eigenvalue weighted by molar-refractivity contribution is -0.114. The Balaban J connectivity index is 0.00000441. The number of nitrogens with zero attached hydrogens (tertiary/aromatic N) is 1. The highest BCUT2D eigenvalue weighted by atomic mass is 127. The summed E-state index contributed by atoms with van der Waals surface area (Å²) in [6.45, 7) is 8.60. The van der Waals surface area contributed by atoms with Gasteiger partial charge >= 0.3 is 0 Å². The molecule has 0 saturated heterocycles. The van der Waals surface area contributed by atoms with Crippen molar-refractivity contribution in [2.45, 2.75) is 39.7 Å². The Kier molecular flexibility index (Phi) is 9.08. The zero-order chi connectivity index (χ0) is 15.9. The molecule has 0 radical (unpaired) electrons. The van der Waals surface area contributed by atoms with Crippen LogP contribution in [-0.4, -0.2) is 31.0 Å². The molecule has 0 aliphatic heterocycles. The summed E-state index contributed by atoms with van der Waals surface area (Å²) in [5.41, 5.74) is 2.02. The van der Waals surface area contributed by atoms with Crippen LogP contribution in [0, 0.1) is 0 Å². The molecule has 0 aliphatic rings. The minimum Gasteiger partial charge on any atom is -0.356 e. The summed E-state index contributed by atoms with van der Waals surface area (Å²) in [7, 11) is 1.77. The van der Waals surface area contributed by atoms with Crippen molar-refractivity contribution in [3.05, 3.63) is 29.8 Å². The van der Waals surface area contributed by atoms with Gasteiger partial charge in [0.2, 0.25) is 5.91 Å². The zero-order valence-corrected chi connectivity index (χ0v) is 16.3. The number of carbonyl (C=O) groups excluding carboxylic acids is 1. The van der Waals surface area contributed by atoms with Crippen LogP contribution in [0.2, 0.25) is 0 Å². The molecule has 1 amide bonds. The van der Waals surface area contributed by atoms with Gasteiger partial charge in [-0.15, -0.1) is 24.0 Å². The van der Waals surface area contributed by atoms with E-state index in [2.05, 4.69) is 41.7 Å². The molecule has 1 rings (SSSR count). The Hall–Kier alpha value is -1.31. The summed E-state index contributed by atoms with van der Waals surface area (Å²) < 4.78 is 0. The van der Waals surface area contributed by atoms with Crippen molar-refractivity contribution in [1.82, 2.24) is 10.6 Å². The maximum absolute atomic E-state index is 11.0. The monoisotopic (exact) mass is 418 g/mol. The van der Waals surface area contributed by atoms with Crippen molar-refractivity contribution in [3.63, 3.8) is 0 Å². The Morgan fingerprint density at radius 2 is 1.77 bits per heavy atom. The first-order chi connectivity index (χ1) is 9.80. The van der Waals surface area contributed by atoms with Gasteiger partial charge in [0.15, 0.2) is 5.96 Å². The van der Waals surface area contributed by atoms with E-state index in [1.165, 1.54) is 12.5 Å². The SMILES string of the molecule is CN=C(NCCc1ccc(NC(C)=O)cc1)NC(C)(C)C.I. The Morgan fingerprint density at radius 3 is 2.23 bits per heavy atom. The van der Waals surface area contributed by atoms with Crippen LogP contribution < -0.4 is 16.0 Å². The topological polar surface area (TPSA) is 65.5 Å². The van der Waals surface area contributed by atoms with Gasteiger partial charge in [-0.3, -0.25) is 9.79 Å².